The molecule has 0 N–H and O–H groups in total. The molecule has 2 heteroatoms. The largest absolute Gasteiger partial charge is 0.493 e. The third-order valence-corrected chi connectivity index (χ3v) is 6.35. The molecule has 156 valence electrons. The van der Waals surface area contributed by atoms with E-state index in [1.165, 1.54) is 30.4 Å². The molecular weight excluding hydrogens is 354 g/mol. The minimum atomic E-state index is 0.159. The van der Waals surface area contributed by atoms with E-state index in [-0.39, 0.29) is 5.41 Å². The molecular formula is C27H37NO. The average Bonchev–Trinajstić information content (AvgIpc) is 2.67. The lowest BCUT2D eigenvalue weighted by atomic mass is 9.70. The summed E-state index contributed by atoms with van der Waals surface area (Å²) >= 11 is 0. The number of para-hydroxylation sites is 1. The van der Waals surface area contributed by atoms with E-state index in [0.717, 1.165) is 17.0 Å². The fourth-order valence-electron chi connectivity index (χ4n) is 4.74. The molecule has 0 heterocycles. The van der Waals surface area contributed by atoms with Crippen molar-refractivity contribution in [2.45, 2.75) is 72.1 Å². The summed E-state index contributed by atoms with van der Waals surface area (Å²) in [6.07, 6.45) is 5.92. The minimum absolute atomic E-state index is 0.159. The first-order valence-corrected chi connectivity index (χ1v) is 11.2. The summed E-state index contributed by atoms with van der Waals surface area (Å²) in [5.41, 5.74) is 4.90. The summed E-state index contributed by atoms with van der Waals surface area (Å²) in [5.74, 6) is 2.96. The normalized spacial score (nSPS) is 22.8. The van der Waals surface area contributed by atoms with Crippen molar-refractivity contribution in [2.75, 3.05) is 6.61 Å². The highest BCUT2D eigenvalue weighted by molar-refractivity contribution is 5.86. The van der Waals surface area contributed by atoms with Crippen molar-refractivity contribution >= 4 is 11.9 Å². The molecule has 0 aromatic heterocycles. The molecule has 1 aliphatic carbocycles. The zero-order valence-electron chi connectivity index (χ0n) is 19.0. The lowest BCUT2D eigenvalue weighted by molar-refractivity contribution is 0.239. The molecule has 0 amide bonds. The average molecular weight is 392 g/mol. The Morgan fingerprint density at radius 3 is 2.24 bits per heavy atom. The Morgan fingerprint density at radius 1 is 1.00 bits per heavy atom. The van der Waals surface area contributed by atoms with Gasteiger partial charge in [-0.05, 0) is 59.4 Å². The lowest BCUT2D eigenvalue weighted by Gasteiger charge is -2.36. The van der Waals surface area contributed by atoms with Crippen LogP contribution in [0, 0.1) is 11.8 Å². The number of hydrogen-bond acceptors (Lipinski definition) is 2. The van der Waals surface area contributed by atoms with Crippen molar-refractivity contribution in [2.24, 2.45) is 16.8 Å². The van der Waals surface area contributed by atoms with Gasteiger partial charge in [0.2, 0.25) is 0 Å². The van der Waals surface area contributed by atoms with Crippen LogP contribution in [0.2, 0.25) is 0 Å². The highest BCUT2D eigenvalue weighted by atomic mass is 16.5. The molecule has 2 atom stereocenters. The molecule has 0 saturated heterocycles. The quantitative estimate of drug-likeness (QED) is 0.479. The molecule has 1 fully saturated rings. The van der Waals surface area contributed by atoms with Crippen molar-refractivity contribution in [3.63, 3.8) is 0 Å². The smallest absolute Gasteiger partial charge is 0.131 e. The van der Waals surface area contributed by atoms with Crippen molar-refractivity contribution in [3.05, 3.63) is 59.2 Å². The summed E-state index contributed by atoms with van der Waals surface area (Å²) in [7, 11) is 0. The maximum atomic E-state index is 6.18. The van der Waals surface area contributed by atoms with Gasteiger partial charge in [-0.1, -0.05) is 78.1 Å². The molecule has 0 spiro atoms. The Balaban J connectivity index is 1.92. The van der Waals surface area contributed by atoms with E-state index in [9.17, 15) is 0 Å². The van der Waals surface area contributed by atoms with E-state index in [4.69, 9.17) is 9.73 Å². The number of benzene rings is 2. The Morgan fingerprint density at radius 2 is 1.66 bits per heavy atom. The van der Waals surface area contributed by atoms with Crippen LogP contribution in [0.1, 0.15) is 83.4 Å². The number of aliphatic imine (C=N–C) groups is 1. The van der Waals surface area contributed by atoms with E-state index >= 15 is 0 Å². The lowest BCUT2D eigenvalue weighted by Crippen LogP contribution is -2.23. The van der Waals surface area contributed by atoms with Gasteiger partial charge in [-0.15, -0.1) is 0 Å². The molecule has 29 heavy (non-hydrogen) atoms. The van der Waals surface area contributed by atoms with Crippen LogP contribution in [0.15, 0.2) is 47.5 Å². The van der Waals surface area contributed by atoms with Gasteiger partial charge in [-0.25, -0.2) is 0 Å². The number of rotatable bonds is 5. The fourth-order valence-corrected chi connectivity index (χ4v) is 4.74. The molecule has 2 unspecified atom stereocenters. The highest BCUT2D eigenvalue weighted by Crippen LogP contribution is 2.45. The number of ether oxygens (including phenoxy) is 1. The summed E-state index contributed by atoms with van der Waals surface area (Å²) in [4.78, 5) is 4.76. The Bertz CT molecular complexity index is 819. The van der Waals surface area contributed by atoms with Gasteiger partial charge in [0, 0.05) is 11.8 Å². The maximum Gasteiger partial charge on any atom is 0.131 e. The van der Waals surface area contributed by atoms with Crippen molar-refractivity contribution in [1.82, 2.24) is 0 Å². The predicted octanol–water partition coefficient (Wildman–Crippen LogP) is 7.67. The first-order valence-electron chi connectivity index (χ1n) is 11.2. The van der Waals surface area contributed by atoms with Crippen molar-refractivity contribution in [3.8, 4) is 5.75 Å². The third kappa shape index (κ3) is 5.10. The topological polar surface area (TPSA) is 21.6 Å². The van der Waals surface area contributed by atoms with Crippen LogP contribution in [-0.4, -0.2) is 12.8 Å². The van der Waals surface area contributed by atoms with Crippen LogP contribution in [0.4, 0.5) is 5.69 Å². The number of hydrogen-bond donors (Lipinski definition) is 0. The van der Waals surface area contributed by atoms with Gasteiger partial charge in [-0.3, -0.25) is 4.99 Å². The van der Waals surface area contributed by atoms with E-state index < -0.39 is 0 Å². The monoisotopic (exact) mass is 391 g/mol. The molecule has 0 radical (unpaired) electrons. The van der Waals surface area contributed by atoms with Gasteiger partial charge in [0.15, 0.2) is 0 Å². The molecule has 0 bridgehead atoms. The van der Waals surface area contributed by atoms with Crippen LogP contribution >= 0.6 is 0 Å². The van der Waals surface area contributed by atoms with Gasteiger partial charge < -0.3 is 4.74 Å². The fraction of sp³-hybridized carbons (Fsp3) is 0.519. The second-order valence-electron chi connectivity index (χ2n) is 9.66. The van der Waals surface area contributed by atoms with Gasteiger partial charge in [0.25, 0.3) is 0 Å². The van der Waals surface area contributed by atoms with Crippen LogP contribution < -0.4 is 4.74 Å². The second-order valence-corrected chi connectivity index (χ2v) is 9.66. The van der Waals surface area contributed by atoms with E-state index in [1.54, 1.807) is 0 Å². The third-order valence-electron chi connectivity index (χ3n) is 6.35. The van der Waals surface area contributed by atoms with Crippen LogP contribution in [0.5, 0.6) is 5.75 Å². The zero-order valence-corrected chi connectivity index (χ0v) is 19.0. The molecule has 0 aliphatic heterocycles. The molecule has 1 aliphatic rings. The molecule has 2 nitrogen and oxygen atoms in total. The molecule has 2 aromatic rings. The summed E-state index contributed by atoms with van der Waals surface area (Å²) in [6.45, 7) is 14.2. The van der Waals surface area contributed by atoms with Gasteiger partial charge in [0.1, 0.15) is 5.75 Å². The summed E-state index contributed by atoms with van der Waals surface area (Å²) < 4.78 is 6.18. The van der Waals surface area contributed by atoms with Crippen LogP contribution in [0.3, 0.4) is 0 Å². The Kier molecular flexibility index (Phi) is 6.82. The van der Waals surface area contributed by atoms with E-state index in [2.05, 4.69) is 84.0 Å². The van der Waals surface area contributed by atoms with E-state index in [0.29, 0.717) is 24.4 Å². The SMILES string of the molecule is CCOc1c(C=Nc2ccc(C(C)(C)C)cc2)cccc1C1C(C)CCCC1C. The van der Waals surface area contributed by atoms with Crippen molar-refractivity contribution in [1.29, 1.82) is 0 Å². The molecule has 2 aromatic carbocycles. The minimum Gasteiger partial charge on any atom is -0.493 e. The Hall–Kier alpha value is -2.09. The predicted molar refractivity (Wildman–Crippen MR) is 125 cm³/mol. The molecule has 3 rings (SSSR count). The summed E-state index contributed by atoms with van der Waals surface area (Å²) in [5, 5.41) is 0. The first kappa shape index (κ1) is 21.6. The Labute approximate surface area is 177 Å². The number of nitrogens with zero attached hydrogens (tertiary/aromatic N) is 1. The van der Waals surface area contributed by atoms with Crippen molar-refractivity contribution < 1.29 is 4.74 Å². The first-order chi connectivity index (χ1) is 13.8. The summed E-state index contributed by atoms with van der Waals surface area (Å²) in [6, 6.07) is 15.1. The zero-order chi connectivity index (χ0) is 21.0. The van der Waals surface area contributed by atoms with Crippen LogP contribution in [0.25, 0.3) is 0 Å². The highest BCUT2D eigenvalue weighted by Gasteiger charge is 2.31. The van der Waals surface area contributed by atoms with E-state index in [1.807, 2.05) is 6.21 Å². The maximum absolute atomic E-state index is 6.18. The van der Waals surface area contributed by atoms with Gasteiger partial charge >= 0.3 is 0 Å². The van der Waals surface area contributed by atoms with Gasteiger partial charge in [-0.2, -0.15) is 0 Å². The second kappa shape index (κ2) is 9.15. The molecule has 1 saturated carbocycles. The standard InChI is InChI=1S/C27H37NO/c1-7-29-26-21(18-28-23-16-14-22(15-17-23)27(4,5)6)12-9-13-24(26)25-19(2)10-8-11-20(25)3/h9,12-20,25H,7-8,10-11H2,1-6H3. The van der Waals surface area contributed by atoms with Gasteiger partial charge in [0.05, 0.1) is 12.3 Å². The van der Waals surface area contributed by atoms with Crippen LogP contribution in [-0.2, 0) is 5.41 Å².